The predicted molar refractivity (Wildman–Crippen MR) is 141 cm³/mol. The number of carbonyl (C=O) groups excluding carboxylic acids is 2. The molecule has 8 heteroatoms. The third-order valence-corrected chi connectivity index (χ3v) is 6.62. The van der Waals surface area contributed by atoms with Crippen LogP contribution >= 0.6 is 0 Å². The van der Waals surface area contributed by atoms with Crippen molar-refractivity contribution >= 4 is 29.0 Å². The number of nitrogens with zero attached hydrogens (tertiary/aromatic N) is 2. The summed E-state index contributed by atoms with van der Waals surface area (Å²) >= 11 is 0. The summed E-state index contributed by atoms with van der Waals surface area (Å²) in [5.41, 5.74) is 5.03. The molecule has 3 N–H and O–H groups in total. The second-order valence-corrected chi connectivity index (χ2v) is 9.39. The molecule has 0 unspecified atom stereocenters. The zero-order valence-corrected chi connectivity index (χ0v) is 20.9. The molecule has 2 aliphatic heterocycles. The van der Waals surface area contributed by atoms with Gasteiger partial charge in [0.25, 0.3) is 5.91 Å². The van der Waals surface area contributed by atoms with Crippen LogP contribution in [0.15, 0.2) is 36.4 Å². The van der Waals surface area contributed by atoms with E-state index in [2.05, 4.69) is 25.8 Å². The summed E-state index contributed by atoms with van der Waals surface area (Å²) in [5.74, 6) is -0.104. The number of hydrogen-bond acceptors (Lipinski definition) is 5. The molecule has 0 aliphatic carbocycles. The maximum absolute atomic E-state index is 13.2. The normalized spacial score (nSPS) is 16.2. The van der Waals surface area contributed by atoms with Crippen LogP contribution in [0.2, 0.25) is 0 Å². The summed E-state index contributed by atoms with van der Waals surface area (Å²) in [4.78, 5) is 30.5. The third kappa shape index (κ3) is 6.96. The first-order chi connectivity index (χ1) is 17.0. The minimum absolute atomic E-state index is 0.104. The lowest BCUT2D eigenvalue weighted by Crippen LogP contribution is -2.38. The van der Waals surface area contributed by atoms with Gasteiger partial charge in [-0.15, -0.1) is 0 Å². The van der Waals surface area contributed by atoms with Crippen molar-refractivity contribution in [1.29, 1.82) is 0 Å². The third-order valence-electron chi connectivity index (χ3n) is 6.62. The topological polar surface area (TPSA) is 85.9 Å². The quantitative estimate of drug-likeness (QED) is 0.499. The minimum atomic E-state index is -0.331. The van der Waals surface area contributed by atoms with E-state index >= 15 is 0 Å². The number of rotatable bonds is 8. The molecule has 2 heterocycles. The molecular weight excluding hydrogens is 442 g/mol. The van der Waals surface area contributed by atoms with Gasteiger partial charge >= 0.3 is 6.03 Å². The van der Waals surface area contributed by atoms with Crippen LogP contribution in [0, 0.1) is 13.8 Å². The molecular formula is C27H37N5O3. The molecule has 2 aromatic rings. The van der Waals surface area contributed by atoms with Gasteiger partial charge in [-0.2, -0.15) is 0 Å². The Balaban J connectivity index is 1.40. The molecule has 0 radical (unpaired) electrons. The SMILES string of the molecule is Cc1ccc(NC(=O)Nc2ccc(N3CCCC3)c(C(=O)NCCCN3CCOCC3)c2)c(C)c1. The van der Waals surface area contributed by atoms with Crippen LogP contribution in [0.3, 0.4) is 0 Å². The number of morpholine rings is 1. The second kappa shape index (κ2) is 12.0. The largest absolute Gasteiger partial charge is 0.379 e. The van der Waals surface area contributed by atoms with Gasteiger partial charge in [-0.25, -0.2) is 4.79 Å². The van der Waals surface area contributed by atoms with E-state index in [0.29, 0.717) is 17.8 Å². The van der Waals surface area contributed by atoms with Gasteiger partial charge in [-0.1, -0.05) is 17.7 Å². The number of hydrogen-bond donors (Lipinski definition) is 3. The van der Waals surface area contributed by atoms with Crippen LogP contribution in [0.1, 0.15) is 40.7 Å². The summed E-state index contributed by atoms with van der Waals surface area (Å²) in [6, 6.07) is 11.2. The number of ether oxygens (including phenoxy) is 1. The minimum Gasteiger partial charge on any atom is -0.379 e. The number of anilines is 3. The van der Waals surface area contributed by atoms with Gasteiger partial charge in [-0.05, 0) is 69.5 Å². The Morgan fingerprint density at radius 1 is 0.943 bits per heavy atom. The summed E-state index contributed by atoms with van der Waals surface area (Å²) in [5, 5.41) is 8.87. The zero-order valence-electron chi connectivity index (χ0n) is 20.9. The predicted octanol–water partition coefficient (Wildman–Crippen LogP) is 4.00. The van der Waals surface area contributed by atoms with Crippen LogP contribution in [0.4, 0.5) is 21.9 Å². The number of urea groups is 1. The van der Waals surface area contributed by atoms with Gasteiger partial charge in [0, 0.05) is 49.8 Å². The highest BCUT2D eigenvalue weighted by atomic mass is 16.5. The lowest BCUT2D eigenvalue weighted by molar-refractivity contribution is 0.0374. The van der Waals surface area contributed by atoms with Crippen molar-refractivity contribution in [2.45, 2.75) is 33.1 Å². The van der Waals surface area contributed by atoms with E-state index in [1.165, 1.54) is 0 Å². The van der Waals surface area contributed by atoms with Gasteiger partial charge in [0.2, 0.25) is 0 Å². The summed E-state index contributed by atoms with van der Waals surface area (Å²) in [6.45, 7) is 10.9. The molecule has 188 valence electrons. The Bertz CT molecular complexity index is 1030. The first-order valence-electron chi connectivity index (χ1n) is 12.6. The molecule has 3 amide bonds. The van der Waals surface area contributed by atoms with Crippen molar-refractivity contribution in [1.82, 2.24) is 10.2 Å². The maximum atomic E-state index is 13.2. The van der Waals surface area contributed by atoms with Gasteiger partial charge in [0.1, 0.15) is 0 Å². The molecule has 2 aliphatic rings. The fourth-order valence-corrected chi connectivity index (χ4v) is 4.69. The average molecular weight is 480 g/mol. The van der Waals surface area contributed by atoms with Crippen molar-refractivity contribution in [2.75, 3.05) is 68.0 Å². The van der Waals surface area contributed by atoms with Gasteiger partial charge in [0.15, 0.2) is 0 Å². The molecule has 2 aromatic carbocycles. The molecule has 0 bridgehead atoms. The first kappa shape index (κ1) is 25.0. The van der Waals surface area contributed by atoms with E-state index in [0.717, 1.165) is 87.7 Å². The molecule has 35 heavy (non-hydrogen) atoms. The highest BCUT2D eigenvalue weighted by Crippen LogP contribution is 2.28. The van der Waals surface area contributed by atoms with Gasteiger partial charge in [0.05, 0.1) is 18.8 Å². The van der Waals surface area contributed by atoms with Crippen LogP contribution in [0.5, 0.6) is 0 Å². The smallest absolute Gasteiger partial charge is 0.323 e. The lowest BCUT2D eigenvalue weighted by Gasteiger charge is -2.26. The number of benzene rings is 2. The van der Waals surface area contributed by atoms with Crippen LogP contribution in [-0.2, 0) is 4.74 Å². The van der Waals surface area contributed by atoms with E-state index in [9.17, 15) is 9.59 Å². The first-order valence-corrected chi connectivity index (χ1v) is 12.6. The van der Waals surface area contributed by atoms with Crippen LogP contribution in [0.25, 0.3) is 0 Å². The van der Waals surface area contributed by atoms with E-state index < -0.39 is 0 Å². The Labute approximate surface area is 208 Å². The number of carbonyl (C=O) groups is 2. The Hall–Kier alpha value is -3.10. The van der Waals surface area contributed by atoms with Crippen molar-refractivity contribution in [3.05, 3.63) is 53.1 Å². The highest BCUT2D eigenvalue weighted by Gasteiger charge is 2.21. The van der Waals surface area contributed by atoms with Crippen molar-refractivity contribution < 1.29 is 14.3 Å². The standard InChI is InChI=1S/C27H37N5O3/c1-20-6-8-24(21(2)18-20)30-27(34)29-22-7-9-25(32-12-3-4-13-32)23(19-22)26(33)28-10-5-11-31-14-16-35-17-15-31/h6-9,18-19H,3-5,10-17H2,1-2H3,(H,28,33)(H2,29,30,34). The van der Waals surface area contributed by atoms with Crippen molar-refractivity contribution in [2.24, 2.45) is 0 Å². The molecule has 0 aromatic heterocycles. The molecule has 2 saturated heterocycles. The molecule has 0 saturated carbocycles. The number of amides is 3. The summed E-state index contributed by atoms with van der Waals surface area (Å²) in [6.07, 6.45) is 3.14. The summed E-state index contributed by atoms with van der Waals surface area (Å²) < 4.78 is 5.40. The van der Waals surface area contributed by atoms with Crippen LogP contribution < -0.4 is 20.9 Å². The molecule has 0 atom stereocenters. The number of nitrogens with one attached hydrogen (secondary N) is 3. The van der Waals surface area contributed by atoms with Gasteiger partial charge in [-0.3, -0.25) is 9.69 Å². The number of aryl methyl sites for hydroxylation is 2. The molecule has 2 fully saturated rings. The monoisotopic (exact) mass is 479 g/mol. The second-order valence-electron chi connectivity index (χ2n) is 9.39. The van der Waals surface area contributed by atoms with Crippen molar-refractivity contribution in [3.8, 4) is 0 Å². The van der Waals surface area contributed by atoms with Gasteiger partial charge < -0.3 is 25.6 Å². The van der Waals surface area contributed by atoms with E-state index in [1.807, 2.05) is 44.2 Å². The van der Waals surface area contributed by atoms with E-state index in [-0.39, 0.29) is 11.9 Å². The fraction of sp³-hybridized carbons (Fsp3) is 0.481. The fourth-order valence-electron chi connectivity index (χ4n) is 4.69. The summed E-state index contributed by atoms with van der Waals surface area (Å²) in [7, 11) is 0. The van der Waals surface area contributed by atoms with E-state index in [4.69, 9.17) is 4.74 Å². The lowest BCUT2D eigenvalue weighted by atomic mass is 10.1. The molecule has 0 spiro atoms. The average Bonchev–Trinajstić information content (AvgIpc) is 3.39. The van der Waals surface area contributed by atoms with E-state index in [1.54, 1.807) is 6.07 Å². The maximum Gasteiger partial charge on any atom is 0.323 e. The highest BCUT2D eigenvalue weighted by molar-refractivity contribution is 6.04. The Kier molecular flexibility index (Phi) is 8.60. The Morgan fingerprint density at radius 2 is 1.71 bits per heavy atom. The van der Waals surface area contributed by atoms with Crippen LogP contribution in [-0.4, -0.2) is 69.3 Å². The Morgan fingerprint density at radius 3 is 2.46 bits per heavy atom. The molecule has 4 rings (SSSR count). The van der Waals surface area contributed by atoms with Crippen molar-refractivity contribution in [3.63, 3.8) is 0 Å². The molecule has 8 nitrogen and oxygen atoms in total. The zero-order chi connectivity index (χ0) is 24.6.